The van der Waals surface area contributed by atoms with Crippen LogP contribution in [0.5, 0.6) is 0 Å². The van der Waals surface area contributed by atoms with Crippen molar-refractivity contribution in [3.8, 4) is 0 Å². The molecule has 0 saturated heterocycles. The van der Waals surface area contributed by atoms with Crippen molar-refractivity contribution < 1.29 is 4.79 Å². The molecule has 0 radical (unpaired) electrons. The predicted molar refractivity (Wildman–Crippen MR) is 35.2 cm³/mol. The maximum Gasteiger partial charge on any atom is 0.155 e. The van der Waals surface area contributed by atoms with E-state index in [0.717, 1.165) is 19.3 Å². The van der Waals surface area contributed by atoms with E-state index in [1.165, 1.54) is 0 Å². The normalized spacial score (nSPS) is 17.8. The number of carbonyl (C=O) groups is 1. The van der Waals surface area contributed by atoms with Crippen molar-refractivity contribution in [2.75, 3.05) is 0 Å². The molecular formula is C6H9ClO. The van der Waals surface area contributed by atoms with Gasteiger partial charge in [-0.2, -0.15) is 0 Å². The number of carbonyl (C=O) groups excluding carboxylic acids is 1. The molecule has 1 rings (SSSR count). The summed E-state index contributed by atoms with van der Waals surface area (Å²) in [7, 11) is 0. The van der Waals surface area contributed by atoms with Crippen LogP contribution in [-0.2, 0) is 4.79 Å². The zero-order chi connectivity index (χ0) is 5.11. The van der Waals surface area contributed by atoms with Gasteiger partial charge in [0.2, 0.25) is 0 Å². The SMILES string of the molecule is Cl.O=C1C=CCCC1. The van der Waals surface area contributed by atoms with Gasteiger partial charge in [-0.1, -0.05) is 6.08 Å². The van der Waals surface area contributed by atoms with E-state index in [1.54, 1.807) is 6.08 Å². The van der Waals surface area contributed by atoms with Crippen molar-refractivity contribution in [1.82, 2.24) is 0 Å². The number of hydrogen-bond acceptors (Lipinski definition) is 1. The molecule has 0 saturated carbocycles. The Morgan fingerprint density at radius 1 is 1.50 bits per heavy atom. The van der Waals surface area contributed by atoms with Gasteiger partial charge in [0.25, 0.3) is 0 Å². The van der Waals surface area contributed by atoms with E-state index in [2.05, 4.69) is 0 Å². The predicted octanol–water partition coefficient (Wildman–Crippen LogP) is 1.72. The average Bonchev–Trinajstić information content (AvgIpc) is 1.69. The third-order valence-electron chi connectivity index (χ3n) is 1.10. The minimum absolute atomic E-state index is 0. The lowest BCUT2D eigenvalue weighted by Gasteiger charge is -1.97. The standard InChI is InChI=1S/C6H8O.ClH/c7-6-4-2-1-3-5-6;/h2,4H,1,3,5H2;1H. The van der Waals surface area contributed by atoms with E-state index in [4.69, 9.17) is 0 Å². The van der Waals surface area contributed by atoms with E-state index in [9.17, 15) is 4.79 Å². The molecule has 0 aromatic rings. The molecule has 0 N–H and O–H groups in total. The third-order valence-corrected chi connectivity index (χ3v) is 1.10. The fourth-order valence-corrected chi connectivity index (χ4v) is 0.692. The van der Waals surface area contributed by atoms with Gasteiger partial charge in [-0.25, -0.2) is 0 Å². The van der Waals surface area contributed by atoms with Gasteiger partial charge in [0.15, 0.2) is 5.78 Å². The lowest BCUT2D eigenvalue weighted by atomic mass is 10.1. The zero-order valence-electron chi connectivity index (χ0n) is 4.59. The summed E-state index contributed by atoms with van der Waals surface area (Å²) < 4.78 is 0. The van der Waals surface area contributed by atoms with Gasteiger partial charge in [0, 0.05) is 6.42 Å². The summed E-state index contributed by atoms with van der Waals surface area (Å²) in [6, 6.07) is 0. The Labute approximate surface area is 55.2 Å². The Morgan fingerprint density at radius 2 is 2.25 bits per heavy atom. The number of hydrogen-bond donors (Lipinski definition) is 0. The van der Waals surface area contributed by atoms with Crippen LogP contribution >= 0.6 is 12.4 Å². The van der Waals surface area contributed by atoms with E-state index >= 15 is 0 Å². The average molecular weight is 133 g/mol. The highest BCUT2D eigenvalue weighted by Gasteiger charge is 1.98. The first-order valence-corrected chi connectivity index (χ1v) is 2.59. The Hall–Kier alpha value is -0.300. The van der Waals surface area contributed by atoms with Gasteiger partial charge >= 0.3 is 0 Å². The van der Waals surface area contributed by atoms with E-state index in [1.807, 2.05) is 6.08 Å². The van der Waals surface area contributed by atoms with Gasteiger partial charge in [-0.15, -0.1) is 12.4 Å². The molecule has 1 aliphatic carbocycles. The summed E-state index contributed by atoms with van der Waals surface area (Å²) in [5.41, 5.74) is 0. The summed E-state index contributed by atoms with van der Waals surface area (Å²) in [6.45, 7) is 0. The highest BCUT2D eigenvalue weighted by atomic mass is 35.5. The van der Waals surface area contributed by atoms with Crippen LogP contribution < -0.4 is 0 Å². The molecule has 0 unspecified atom stereocenters. The molecule has 0 aromatic heterocycles. The lowest BCUT2D eigenvalue weighted by molar-refractivity contribution is -0.114. The fraction of sp³-hybridized carbons (Fsp3) is 0.500. The molecule has 0 atom stereocenters. The van der Waals surface area contributed by atoms with Crippen LogP contribution in [0.4, 0.5) is 0 Å². The van der Waals surface area contributed by atoms with Crippen molar-refractivity contribution in [2.45, 2.75) is 19.3 Å². The summed E-state index contributed by atoms with van der Waals surface area (Å²) in [5, 5.41) is 0. The molecule has 0 amide bonds. The lowest BCUT2D eigenvalue weighted by Crippen LogP contribution is -1.95. The molecule has 1 nitrogen and oxygen atoms in total. The van der Waals surface area contributed by atoms with Crippen molar-refractivity contribution >= 4 is 18.2 Å². The Kier molecular flexibility index (Phi) is 3.53. The molecule has 0 heterocycles. The molecule has 1 aliphatic rings. The summed E-state index contributed by atoms with van der Waals surface area (Å²) in [6.07, 6.45) is 6.51. The highest BCUT2D eigenvalue weighted by molar-refractivity contribution is 5.90. The largest absolute Gasteiger partial charge is 0.295 e. The maximum absolute atomic E-state index is 10.4. The summed E-state index contributed by atoms with van der Waals surface area (Å²) >= 11 is 0. The number of rotatable bonds is 0. The number of halogens is 1. The monoisotopic (exact) mass is 132 g/mol. The second kappa shape index (κ2) is 3.67. The highest BCUT2D eigenvalue weighted by Crippen LogP contribution is 2.04. The second-order valence-electron chi connectivity index (χ2n) is 1.76. The van der Waals surface area contributed by atoms with E-state index < -0.39 is 0 Å². The van der Waals surface area contributed by atoms with Crippen LogP contribution in [-0.4, -0.2) is 5.78 Å². The Balaban J connectivity index is 0.000000490. The molecule has 46 valence electrons. The van der Waals surface area contributed by atoms with Crippen LogP contribution in [0.25, 0.3) is 0 Å². The van der Waals surface area contributed by atoms with Crippen molar-refractivity contribution in [1.29, 1.82) is 0 Å². The fourth-order valence-electron chi connectivity index (χ4n) is 0.692. The minimum Gasteiger partial charge on any atom is -0.295 e. The smallest absolute Gasteiger partial charge is 0.155 e. The Bertz CT molecular complexity index is 107. The first kappa shape index (κ1) is 7.70. The number of allylic oxidation sites excluding steroid dienone is 2. The Morgan fingerprint density at radius 3 is 2.50 bits per heavy atom. The van der Waals surface area contributed by atoms with Crippen LogP contribution in [0.15, 0.2) is 12.2 Å². The maximum atomic E-state index is 10.4. The number of ketones is 1. The molecule has 0 aromatic carbocycles. The van der Waals surface area contributed by atoms with Crippen molar-refractivity contribution in [3.63, 3.8) is 0 Å². The molecule has 0 aliphatic heterocycles. The van der Waals surface area contributed by atoms with E-state index in [-0.39, 0.29) is 18.2 Å². The van der Waals surface area contributed by atoms with Crippen LogP contribution in [0.2, 0.25) is 0 Å². The van der Waals surface area contributed by atoms with Gasteiger partial charge in [0.1, 0.15) is 0 Å². The molecule has 8 heavy (non-hydrogen) atoms. The molecule has 2 heteroatoms. The third kappa shape index (κ3) is 2.12. The first-order chi connectivity index (χ1) is 3.39. The van der Waals surface area contributed by atoms with Crippen LogP contribution in [0.3, 0.4) is 0 Å². The van der Waals surface area contributed by atoms with Crippen molar-refractivity contribution in [3.05, 3.63) is 12.2 Å². The second-order valence-corrected chi connectivity index (χ2v) is 1.76. The van der Waals surface area contributed by atoms with Crippen LogP contribution in [0.1, 0.15) is 19.3 Å². The van der Waals surface area contributed by atoms with Crippen molar-refractivity contribution in [2.24, 2.45) is 0 Å². The minimum atomic E-state index is 0. The van der Waals surface area contributed by atoms with E-state index in [0.29, 0.717) is 0 Å². The van der Waals surface area contributed by atoms with Crippen LogP contribution in [0, 0.1) is 0 Å². The van der Waals surface area contributed by atoms with Gasteiger partial charge in [0.05, 0.1) is 0 Å². The molecule has 0 fully saturated rings. The molecular weight excluding hydrogens is 124 g/mol. The summed E-state index contributed by atoms with van der Waals surface area (Å²) in [5.74, 6) is 0.284. The quantitative estimate of drug-likeness (QED) is 0.491. The van der Waals surface area contributed by atoms with Gasteiger partial charge in [-0.05, 0) is 18.9 Å². The van der Waals surface area contributed by atoms with Gasteiger partial charge in [-0.3, -0.25) is 4.79 Å². The first-order valence-electron chi connectivity index (χ1n) is 2.59. The summed E-state index contributed by atoms with van der Waals surface area (Å²) in [4.78, 5) is 10.4. The molecule has 0 spiro atoms. The topological polar surface area (TPSA) is 17.1 Å². The zero-order valence-corrected chi connectivity index (χ0v) is 5.41. The van der Waals surface area contributed by atoms with Gasteiger partial charge < -0.3 is 0 Å². The molecule has 0 bridgehead atoms.